The van der Waals surface area contributed by atoms with E-state index in [0.717, 1.165) is 55.4 Å². The van der Waals surface area contributed by atoms with Gasteiger partial charge in [-0.3, -0.25) is 14.4 Å². The molecule has 2 fully saturated rings. The molecule has 0 aromatic heterocycles. The quantitative estimate of drug-likeness (QED) is 0.183. The van der Waals surface area contributed by atoms with Crippen molar-refractivity contribution in [3.05, 3.63) is 120 Å². The van der Waals surface area contributed by atoms with Crippen molar-refractivity contribution in [2.45, 2.75) is 63.2 Å². The minimum atomic E-state index is -4.44. The molecule has 1 saturated heterocycles. The molecule has 1 saturated carbocycles. The molecule has 9 heteroatoms. The standard InChI is InChI=1S/C40H39F3N2O4/c41-40(42,43)34-22-20-30(21-23-34)29-14-18-33(19-15-29)39(49)45(26-35-11-6-24-44(35)38(48)32-9-4-5-10-32)36(25-37(46)47)31-16-12-28(13-17-31)27-7-2-1-3-8-27/h1-3,7-8,12-23,32,35-36H,4-6,9-11,24-26H2,(H,46,47)/t35-,36?/m0/s1. The van der Waals surface area contributed by atoms with Gasteiger partial charge >= 0.3 is 12.1 Å². The fraction of sp³-hybridized carbons (Fsp3) is 0.325. The molecular weight excluding hydrogens is 629 g/mol. The van der Waals surface area contributed by atoms with E-state index in [-0.39, 0.29) is 36.7 Å². The van der Waals surface area contributed by atoms with Crippen LogP contribution in [0.25, 0.3) is 22.3 Å². The Bertz CT molecular complexity index is 1750. The first kappa shape index (κ1) is 34.0. The van der Waals surface area contributed by atoms with Crippen molar-refractivity contribution in [2.24, 2.45) is 5.92 Å². The highest BCUT2D eigenvalue weighted by Crippen LogP contribution is 2.35. The van der Waals surface area contributed by atoms with Gasteiger partial charge in [0.25, 0.3) is 5.91 Å². The Morgan fingerprint density at radius 3 is 1.86 bits per heavy atom. The van der Waals surface area contributed by atoms with Gasteiger partial charge in [-0.15, -0.1) is 0 Å². The first-order chi connectivity index (χ1) is 23.6. The molecule has 6 rings (SSSR count). The van der Waals surface area contributed by atoms with Crippen LogP contribution in [0.1, 0.15) is 72.5 Å². The summed E-state index contributed by atoms with van der Waals surface area (Å²) in [6.07, 6.45) is 0.539. The average molecular weight is 669 g/mol. The lowest BCUT2D eigenvalue weighted by molar-refractivity contribution is -0.139. The maximum atomic E-state index is 14.5. The molecule has 0 radical (unpaired) electrons. The lowest BCUT2D eigenvalue weighted by atomic mass is 9.96. The van der Waals surface area contributed by atoms with E-state index in [9.17, 15) is 32.7 Å². The number of carbonyl (C=O) groups is 3. The molecule has 1 aliphatic carbocycles. The number of hydrogen-bond donors (Lipinski definition) is 1. The van der Waals surface area contributed by atoms with Crippen LogP contribution in [0.4, 0.5) is 13.2 Å². The van der Waals surface area contributed by atoms with Crippen molar-refractivity contribution in [3.8, 4) is 22.3 Å². The van der Waals surface area contributed by atoms with Crippen LogP contribution in [0.5, 0.6) is 0 Å². The van der Waals surface area contributed by atoms with Gasteiger partial charge in [0.1, 0.15) is 0 Å². The maximum Gasteiger partial charge on any atom is 0.416 e. The first-order valence-corrected chi connectivity index (χ1v) is 16.8. The molecule has 0 spiro atoms. The van der Waals surface area contributed by atoms with E-state index in [1.807, 2.05) is 59.5 Å². The van der Waals surface area contributed by atoms with Crippen LogP contribution >= 0.6 is 0 Å². The zero-order chi connectivity index (χ0) is 34.5. The van der Waals surface area contributed by atoms with Gasteiger partial charge in [0, 0.05) is 30.6 Å². The highest BCUT2D eigenvalue weighted by molar-refractivity contribution is 5.95. The highest BCUT2D eigenvalue weighted by atomic mass is 19.4. The van der Waals surface area contributed by atoms with Gasteiger partial charge in [-0.1, -0.05) is 91.7 Å². The van der Waals surface area contributed by atoms with Crippen LogP contribution in [0, 0.1) is 5.92 Å². The van der Waals surface area contributed by atoms with E-state index >= 15 is 0 Å². The van der Waals surface area contributed by atoms with Crippen LogP contribution < -0.4 is 0 Å². The number of carbonyl (C=O) groups excluding carboxylic acids is 2. The Hall–Kier alpha value is -4.92. The summed E-state index contributed by atoms with van der Waals surface area (Å²) in [7, 11) is 0. The number of nitrogens with zero attached hydrogens (tertiary/aromatic N) is 2. The van der Waals surface area contributed by atoms with Crippen LogP contribution in [-0.2, 0) is 15.8 Å². The van der Waals surface area contributed by atoms with Crippen molar-refractivity contribution < 1.29 is 32.7 Å². The number of benzene rings is 4. The Labute approximate surface area is 284 Å². The van der Waals surface area contributed by atoms with E-state index in [1.165, 1.54) is 12.1 Å². The maximum absolute atomic E-state index is 14.5. The van der Waals surface area contributed by atoms with Crippen molar-refractivity contribution in [1.82, 2.24) is 9.80 Å². The minimum Gasteiger partial charge on any atom is -0.481 e. The predicted octanol–water partition coefficient (Wildman–Crippen LogP) is 8.88. The summed E-state index contributed by atoms with van der Waals surface area (Å²) in [5.41, 5.74) is 3.42. The van der Waals surface area contributed by atoms with Gasteiger partial charge in [-0.25, -0.2) is 0 Å². The Morgan fingerprint density at radius 2 is 1.29 bits per heavy atom. The van der Waals surface area contributed by atoms with Crippen molar-refractivity contribution in [3.63, 3.8) is 0 Å². The second-order valence-corrected chi connectivity index (χ2v) is 13.0. The number of alkyl halides is 3. The number of likely N-dealkylation sites (tertiary alicyclic amines) is 1. The third kappa shape index (κ3) is 7.88. The van der Waals surface area contributed by atoms with Crippen LogP contribution in [-0.4, -0.2) is 51.8 Å². The number of halogens is 3. The second kappa shape index (κ2) is 14.7. The number of carboxylic acids is 1. The second-order valence-electron chi connectivity index (χ2n) is 13.0. The molecular formula is C40H39F3N2O4. The summed E-state index contributed by atoms with van der Waals surface area (Å²) >= 11 is 0. The van der Waals surface area contributed by atoms with Crippen LogP contribution in [0.3, 0.4) is 0 Å². The van der Waals surface area contributed by atoms with Crippen molar-refractivity contribution in [1.29, 1.82) is 0 Å². The van der Waals surface area contributed by atoms with E-state index < -0.39 is 23.8 Å². The Balaban J connectivity index is 1.32. The normalized spacial score (nSPS) is 17.2. The molecule has 49 heavy (non-hydrogen) atoms. The first-order valence-electron chi connectivity index (χ1n) is 16.8. The van der Waals surface area contributed by atoms with Crippen molar-refractivity contribution >= 4 is 17.8 Å². The highest BCUT2D eigenvalue weighted by Gasteiger charge is 2.38. The molecule has 0 bridgehead atoms. The third-order valence-electron chi connectivity index (χ3n) is 9.86. The van der Waals surface area contributed by atoms with Gasteiger partial charge in [-0.05, 0) is 77.8 Å². The number of carboxylic acid groups (broad SMARTS) is 1. The lowest BCUT2D eigenvalue weighted by Gasteiger charge is -2.37. The van der Waals surface area contributed by atoms with Crippen LogP contribution in [0.15, 0.2) is 103 Å². The lowest BCUT2D eigenvalue weighted by Crippen LogP contribution is -2.48. The SMILES string of the molecule is O=C(O)CC(c1ccc(-c2ccccc2)cc1)N(C[C@@H]1CCCN1C(=O)C1CCCC1)C(=O)c1ccc(-c2ccc(C(F)(F)F)cc2)cc1. The summed E-state index contributed by atoms with van der Waals surface area (Å²) in [6.45, 7) is 0.787. The summed E-state index contributed by atoms with van der Waals surface area (Å²) in [4.78, 5) is 43.9. The summed E-state index contributed by atoms with van der Waals surface area (Å²) < 4.78 is 39.3. The smallest absolute Gasteiger partial charge is 0.416 e. The van der Waals surface area contributed by atoms with Gasteiger partial charge in [-0.2, -0.15) is 13.2 Å². The predicted molar refractivity (Wildman–Crippen MR) is 181 cm³/mol. The molecule has 4 aromatic carbocycles. The van der Waals surface area contributed by atoms with E-state index in [2.05, 4.69) is 0 Å². The van der Waals surface area contributed by atoms with Gasteiger partial charge < -0.3 is 14.9 Å². The van der Waals surface area contributed by atoms with E-state index in [0.29, 0.717) is 35.2 Å². The number of amides is 2. The Morgan fingerprint density at radius 1 is 0.735 bits per heavy atom. The molecule has 6 nitrogen and oxygen atoms in total. The fourth-order valence-electron chi connectivity index (χ4n) is 7.23. The molecule has 2 amide bonds. The zero-order valence-corrected chi connectivity index (χ0v) is 27.1. The summed E-state index contributed by atoms with van der Waals surface area (Å²) in [5.74, 6) is -1.33. The minimum absolute atomic E-state index is 0.0113. The van der Waals surface area contributed by atoms with E-state index in [1.54, 1.807) is 29.2 Å². The zero-order valence-electron chi connectivity index (χ0n) is 27.1. The molecule has 1 aliphatic heterocycles. The largest absolute Gasteiger partial charge is 0.481 e. The summed E-state index contributed by atoms with van der Waals surface area (Å²) in [6, 6.07) is 27.7. The van der Waals surface area contributed by atoms with E-state index in [4.69, 9.17) is 0 Å². The van der Waals surface area contributed by atoms with Gasteiger partial charge in [0.15, 0.2) is 0 Å². The molecule has 254 valence electrons. The third-order valence-corrected chi connectivity index (χ3v) is 9.86. The molecule has 1 unspecified atom stereocenters. The fourth-order valence-corrected chi connectivity index (χ4v) is 7.23. The summed E-state index contributed by atoms with van der Waals surface area (Å²) in [5, 5.41) is 10.1. The molecule has 2 aliphatic rings. The monoisotopic (exact) mass is 668 g/mol. The molecule has 1 heterocycles. The number of rotatable bonds is 10. The topological polar surface area (TPSA) is 77.9 Å². The van der Waals surface area contributed by atoms with Crippen molar-refractivity contribution in [2.75, 3.05) is 13.1 Å². The van der Waals surface area contributed by atoms with Gasteiger partial charge in [0.05, 0.1) is 18.0 Å². The van der Waals surface area contributed by atoms with Crippen LogP contribution in [0.2, 0.25) is 0 Å². The average Bonchev–Trinajstić information content (AvgIpc) is 3.83. The molecule has 2 atom stereocenters. The number of hydrogen-bond acceptors (Lipinski definition) is 3. The Kier molecular flexibility index (Phi) is 10.2. The molecule has 1 N–H and O–H groups in total. The number of aliphatic carboxylic acids is 1. The molecule has 4 aromatic rings. The van der Waals surface area contributed by atoms with Gasteiger partial charge in [0.2, 0.25) is 5.91 Å².